The smallest absolute Gasteiger partial charge is 0.241 e. The summed E-state index contributed by atoms with van der Waals surface area (Å²) in [6, 6.07) is -0.181. The molecule has 0 saturated heterocycles. The third-order valence-corrected chi connectivity index (χ3v) is 2.35. The predicted octanol–water partition coefficient (Wildman–Crippen LogP) is 0.901. The second kappa shape index (κ2) is 4.93. The molecule has 0 radical (unpaired) electrons. The molecule has 15 heavy (non-hydrogen) atoms. The maximum Gasteiger partial charge on any atom is 0.241 e. The average molecular weight is 210 g/mol. The fourth-order valence-corrected chi connectivity index (χ4v) is 1.45. The van der Waals surface area contributed by atoms with Crippen LogP contribution in [0.15, 0.2) is 6.20 Å². The fourth-order valence-electron chi connectivity index (χ4n) is 1.45. The van der Waals surface area contributed by atoms with Crippen molar-refractivity contribution >= 4 is 11.6 Å². The standard InChI is InChI=1S/C10H18N4O/c1-6(2)9(11-4)10(15)13-8-5-12-14-7(8)3/h5-6,9,11H,1-4H3,(H,12,14)(H,13,15). The summed E-state index contributed by atoms with van der Waals surface area (Å²) in [5.74, 6) is 0.221. The van der Waals surface area contributed by atoms with Crippen molar-refractivity contribution in [2.24, 2.45) is 5.92 Å². The van der Waals surface area contributed by atoms with Crippen molar-refractivity contribution in [1.82, 2.24) is 15.5 Å². The molecule has 0 aliphatic rings. The van der Waals surface area contributed by atoms with E-state index in [1.807, 2.05) is 20.8 Å². The first-order valence-electron chi connectivity index (χ1n) is 5.04. The zero-order chi connectivity index (χ0) is 11.4. The molecule has 1 unspecified atom stereocenters. The van der Waals surface area contributed by atoms with E-state index in [0.29, 0.717) is 0 Å². The number of carbonyl (C=O) groups excluding carboxylic acids is 1. The molecule has 3 N–H and O–H groups in total. The van der Waals surface area contributed by atoms with E-state index in [2.05, 4.69) is 20.8 Å². The van der Waals surface area contributed by atoms with Gasteiger partial charge in [-0.1, -0.05) is 13.8 Å². The number of hydrogen-bond donors (Lipinski definition) is 3. The Labute approximate surface area is 89.6 Å². The first kappa shape index (κ1) is 11.7. The van der Waals surface area contributed by atoms with Crippen molar-refractivity contribution in [2.75, 3.05) is 12.4 Å². The average Bonchev–Trinajstić information content (AvgIpc) is 2.52. The van der Waals surface area contributed by atoms with Gasteiger partial charge in [0.05, 0.1) is 23.6 Å². The molecule has 0 bridgehead atoms. The summed E-state index contributed by atoms with van der Waals surface area (Å²) in [5, 5.41) is 12.4. The van der Waals surface area contributed by atoms with Gasteiger partial charge in [0.15, 0.2) is 0 Å². The highest BCUT2D eigenvalue weighted by Crippen LogP contribution is 2.11. The number of nitrogens with one attached hydrogen (secondary N) is 3. The summed E-state index contributed by atoms with van der Waals surface area (Å²) in [6.45, 7) is 5.87. The van der Waals surface area contributed by atoms with Crippen molar-refractivity contribution in [3.63, 3.8) is 0 Å². The molecule has 0 aliphatic carbocycles. The van der Waals surface area contributed by atoms with Crippen LogP contribution < -0.4 is 10.6 Å². The Balaban J connectivity index is 2.66. The third-order valence-electron chi connectivity index (χ3n) is 2.35. The van der Waals surface area contributed by atoms with Gasteiger partial charge in [-0.05, 0) is 19.9 Å². The molecule has 0 spiro atoms. The molecule has 1 rings (SSSR count). The summed E-state index contributed by atoms with van der Waals surface area (Å²) in [5.41, 5.74) is 1.60. The maximum absolute atomic E-state index is 11.8. The van der Waals surface area contributed by atoms with Crippen LogP contribution >= 0.6 is 0 Å². The van der Waals surface area contributed by atoms with Crippen molar-refractivity contribution < 1.29 is 4.79 Å². The van der Waals surface area contributed by atoms with Crippen LogP contribution in [0.4, 0.5) is 5.69 Å². The van der Waals surface area contributed by atoms with Gasteiger partial charge in [-0.15, -0.1) is 0 Å². The van der Waals surface area contributed by atoms with Crippen LogP contribution in [0.2, 0.25) is 0 Å². The Morgan fingerprint density at radius 3 is 2.60 bits per heavy atom. The van der Waals surface area contributed by atoms with Gasteiger partial charge in [0, 0.05) is 0 Å². The molecule has 1 amide bonds. The molecule has 84 valence electrons. The first-order chi connectivity index (χ1) is 7.06. The molecule has 1 aromatic rings. The lowest BCUT2D eigenvalue weighted by atomic mass is 10.0. The van der Waals surface area contributed by atoms with Crippen molar-refractivity contribution in [3.8, 4) is 0 Å². The highest BCUT2D eigenvalue weighted by atomic mass is 16.2. The summed E-state index contributed by atoms with van der Waals surface area (Å²) >= 11 is 0. The molecule has 1 heterocycles. The molecule has 5 heteroatoms. The number of anilines is 1. The molecule has 5 nitrogen and oxygen atoms in total. The van der Waals surface area contributed by atoms with Gasteiger partial charge in [0.1, 0.15) is 0 Å². The minimum atomic E-state index is -0.181. The van der Waals surface area contributed by atoms with Crippen molar-refractivity contribution in [2.45, 2.75) is 26.8 Å². The van der Waals surface area contributed by atoms with E-state index in [1.54, 1.807) is 13.2 Å². The number of aryl methyl sites for hydroxylation is 1. The van der Waals surface area contributed by atoms with Gasteiger partial charge in [-0.3, -0.25) is 9.89 Å². The van der Waals surface area contributed by atoms with Gasteiger partial charge < -0.3 is 10.6 Å². The highest BCUT2D eigenvalue weighted by Gasteiger charge is 2.20. The van der Waals surface area contributed by atoms with Crippen LogP contribution in [0.1, 0.15) is 19.5 Å². The summed E-state index contributed by atoms with van der Waals surface area (Å²) < 4.78 is 0. The van der Waals surface area contributed by atoms with Crippen LogP contribution in [-0.2, 0) is 4.79 Å². The lowest BCUT2D eigenvalue weighted by molar-refractivity contribution is -0.118. The SMILES string of the molecule is CNC(C(=O)Nc1cn[nH]c1C)C(C)C. The van der Waals surface area contributed by atoms with E-state index >= 15 is 0 Å². The Hall–Kier alpha value is -1.36. The molecule has 0 saturated carbocycles. The normalized spacial score (nSPS) is 12.9. The maximum atomic E-state index is 11.8. The lowest BCUT2D eigenvalue weighted by Crippen LogP contribution is -2.42. The van der Waals surface area contributed by atoms with E-state index in [9.17, 15) is 4.79 Å². The number of carbonyl (C=O) groups is 1. The van der Waals surface area contributed by atoms with Gasteiger partial charge in [0.25, 0.3) is 0 Å². The summed E-state index contributed by atoms with van der Waals surface area (Å²) in [6.07, 6.45) is 1.61. The summed E-state index contributed by atoms with van der Waals surface area (Å²) in [4.78, 5) is 11.8. The molecule has 1 atom stereocenters. The number of aromatic nitrogens is 2. The fraction of sp³-hybridized carbons (Fsp3) is 0.600. The second-order valence-corrected chi connectivity index (χ2v) is 3.91. The van der Waals surface area contributed by atoms with Crippen molar-refractivity contribution in [1.29, 1.82) is 0 Å². The monoisotopic (exact) mass is 210 g/mol. The largest absolute Gasteiger partial charge is 0.322 e. The zero-order valence-electron chi connectivity index (χ0n) is 9.59. The van der Waals surface area contributed by atoms with E-state index in [0.717, 1.165) is 11.4 Å². The van der Waals surface area contributed by atoms with E-state index in [-0.39, 0.29) is 17.9 Å². The molecular weight excluding hydrogens is 192 g/mol. The second-order valence-electron chi connectivity index (χ2n) is 3.91. The number of amides is 1. The minimum Gasteiger partial charge on any atom is -0.322 e. The third kappa shape index (κ3) is 2.79. The topological polar surface area (TPSA) is 69.8 Å². The quantitative estimate of drug-likeness (QED) is 0.691. The van der Waals surface area contributed by atoms with Crippen LogP contribution in [0.25, 0.3) is 0 Å². The molecular formula is C10H18N4O. The minimum absolute atomic E-state index is 0.0306. The van der Waals surface area contributed by atoms with Crippen LogP contribution in [0.5, 0.6) is 0 Å². The van der Waals surface area contributed by atoms with E-state index in [4.69, 9.17) is 0 Å². The number of H-pyrrole nitrogens is 1. The number of nitrogens with zero attached hydrogens (tertiary/aromatic N) is 1. The van der Waals surface area contributed by atoms with Gasteiger partial charge in [-0.25, -0.2) is 0 Å². The number of rotatable bonds is 4. The van der Waals surface area contributed by atoms with Crippen LogP contribution in [-0.4, -0.2) is 29.2 Å². The molecule has 0 aliphatic heterocycles. The number of likely N-dealkylation sites (N-methyl/N-ethyl adjacent to an activating group) is 1. The first-order valence-corrected chi connectivity index (χ1v) is 5.04. The van der Waals surface area contributed by atoms with Crippen molar-refractivity contribution in [3.05, 3.63) is 11.9 Å². The van der Waals surface area contributed by atoms with Gasteiger partial charge >= 0.3 is 0 Å². The van der Waals surface area contributed by atoms with Crippen LogP contribution in [0, 0.1) is 12.8 Å². The predicted molar refractivity (Wildman–Crippen MR) is 59.6 cm³/mol. The Morgan fingerprint density at radius 2 is 2.20 bits per heavy atom. The Kier molecular flexibility index (Phi) is 3.85. The van der Waals surface area contributed by atoms with E-state index < -0.39 is 0 Å². The van der Waals surface area contributed by atoms with Gasteiger partial charge in [-0.2, -0.15) is 5.10 Å². The molecule has 1 aromatic heterocycles. The highest BCUT2D eigenvalue weighted by molar-refractivity contribution is 5.95. The van der Waals surface area contributed by atoms with Gasteiger partial charge in [0.2, 0.25) is 5.91 Å². The molecule has 0 aromatic carbocycles. The Morgan fingerprint density at radius 1 is 1.53 bits per heavy atom. The number of aromatic amines is 1. The number of hydrogen-bond acceptors (Lipinski definition) is 3. The molecule has 0 fully saturated rings. The zero-order valence-corrected chi connectivity index (χ0v) is 9.59. The summed E-state index contributed by atoms with van der Waals surface area (Å²) in [7, 11) is 1.78. The van der Waals surface area contributed by atoms with E-state index in [1.165, 1.54) is 0 Å². The lowest BCUT2D eigenvalue weighted by Gasteiger charge is -2.18. The Bertz CT molecular complexity index is 332. The van der Waals surface area contributed by atoms with Crippen LogP contribution in [0.3, 0.4) is 0 Å².